The van der Waals surface area contributed by atoms with E-state index in [-0.39, 0.29) is 32.3 Å². The Hall–Kier alpha value is -1.74. The second-order valence-corrected chi connectivity index (χ2v) is 4.21. The number of urea groups is 1. The number of terminal acetylenes is 1. The van der Waals surface area contributed by atoms with E-state index in [9.17, 15) is 9.59 Å². The molecule has 18 heavy (non-hydrogen) atoms. The predicted octanol–water partition coefficient (Wildman–Crippen LogP) is 0.142. The van der Waals surface area contributed by atoms with E-state index in [0.29, 0.717) is 12.5 Å². The van der Waals surface area contributed by atoms with Gasteiger partial charge in [-0.25, -0.2) is 9.59 Å². The molecule has 1 aliphatic rings. The van der Waals surface area contributed by atoms with Gasteiger partial charge in [-0.2, -0.15) is 0 Å². The molecule has 1 rings (SSSR count). The minimum absolute atomic E-state index is 0.172. The van der Waals surface area contributed by atoms with Gasteiger partial charge in [-0.3, -0.25) is 0 Å². The molecule has 6 nitrogen and oxygen atoms in total. The molecule has 100 valence electrons. The van der Waals surface area contributed by atoms with Crippen molar-refractivity contribution in [2.24, 2.45) is 5.92 Å². The summed E-state index contributed by atoms with van der Waals surface area (Å²) in [4.78, 5) is 23.5. The summed E-state index contributed by atoms with van der Waals surface area (Å²) in [6.07, 6.45) is 7.51. The molecule has 1 saturated carbocycles. The van der Waals surface area contributed by atoms with Gasteiger partial charge < -0.3 is 20.1 Å². The minimum atomic E-state index is -1.02. The first kappa shape index (κ1) is 14.3. The summed E-state index contributed by atoms with van der Waals surface area (Å²) < 4.78 is 4.81. The van der Waals surface area contributed by atoms with Gasteiger partial charge in [-0.05, 0) is 18.8 Å². The molecule has 1 fully saturated rings. The van der Waals surface area contributed by atoms with Crippen molar-refractivity contribution >= 4 is 12.0 Å². The highest BCUT2D eigenvalue weighted by atomic mass is 16.5. The van der Waals surface area contributed by atoms with E-state index in [1.54, 1.807) is 4.90 Å². The maximum Gasteiger partial charge on any atom is 0.329 e. The first-order chi connectivity index (χ1) is 8.63. The monoisotopic (exact) mass is 254 g/mol. The number of hydrogen-bond acceptors (Lipinski definition) is 3. The Morgan fingerprint density at radius 1 is 1.50 bits per heavy atom. The highest BCUT2D eigenvalue weighted by Gasteiger charge is 2.26. The molecule has 0 bridgehead atoms. The zero-order chi connectivity index (χ0) is 13.4. The van der Waals surface area contributed by atoms with Crippen LogP contribution >= 0.6 is 0 Å². The quantitative estimate of drug-likeness (QED) is 0.477. The van der Waals surface area contributed by atoms with E-state index in [1.807, 2.05) is 0 Å². The van der Waals surface area contributed by atoms with Crippen molar-refractivity contribution in [3.63, 3.8) is 0 Å². The third kappa shape index (κ3) is 6.11. The van der Waals surface area contributed by atoms with E-state index < -0.39 is 5.97 Å². The lowest BCUT2D eigenvalue weighted by molar-refractivity contribution is -0.142. The summed E-state index contributed by atoms with van der Waals surface area (Å²) in [6, 6.07) is -0.223. The number of carboxylic acids is 1. The molecule has 2 amide bonds. The Labute approximate surface area is 106 Å². The van der Waals surface area contributed by atoms with Crippen LogP contribution in [-0.4, -0.2) is 54.9 Å². The molecule has 1 aliphatic carbocycles. The molecule has 0 aromatic heterocycles. The molecule has 0 aromatic carbocycles. The van der Waals surface area contributed by atoms with Crippen LogP contribution in [0.25, 0.3) is 0 Å². The lowest BCUT2D eigenvalue weighted by Crippen LogP contribution is -2.42. The van der Waals surface area contributed by atoms with Gasteiger partial charge in [0.15, 0.2) is 0 Å². The van der Waals surface area contributed by atoms with Gasteiger partial charge in [-0.15, -0.1) is 6.42 Å². The van der Waals surface area contributed by atoms with E-state index in [1.165, 1.54) is 0 Å². The minimum Gasteiger partial charge on any atom is -0.480 e. The molecule has 0 saturated heterocycles. The van der Waals surface area contributed by atoms with Crippen LogP contribution in [0.4, 0.5) is 4.79 Å². The van der Waals surface area contributed by atoms with Gasteiger partial charge in [0, 0.05) is 13.1 Å². The van der Waals surface area contributed by atoms with Crippen molar-refractivity contribution in [2.75, 3.05) is 32.8 Å². The van der Waals surface area contributed by atoms with Gasteiger partial charge >= 0.3 is 12.0 Å². The highest BCUT2D eigenvalue weighted by Crippen LogP contribution is 2.29. The van der Waals surface area contributed by atoms with Crippen molar-refractivity contribution < 1.29 is 19.4 Å². The molecule has 6 heteroatoms. The Kier molecular flexibility index (Phi) is 6.01. The first-order valence-corrected chi connectivity index (χ1v) is 5.89. The van der Waals surface area contributed by atoms with Gasteiger partial charge in [0.05, 0.1) is 13.2 Å². The zero-order valence-corrected chi connectivity index (χ0v) is 10.2. The van der Waals surface area contributed by atoms with Crippen LogP contribution in [0.1, 0.15) is 12.8 Å². The molecule has 0 radical (unpaired) electrons. The third-order valence-corrected chi connectivity index (χ3v) is 2.49. The number of carbonyl (C=O) groups is 2. The SMILES string of the molecule is C#CCN(CC1CC1)C(=O)NCCOCC(=O)O. The second-order valence-electron chi connectivity index (χ2n) is 4.21. The fourth-order valence-electron chi connectivity index (χ4n) is 1.44. The normalized spacial score (nSPS) is 13.7. The number of ether oxygens (including phenoxy) is 1. The van der Waals surface area contributed by atoms with Crippen LogP contribution in [0.5, 0.6) is 0 Å². The number of carboxylic acid groups (broad SMARTS) is 1. The summed E-state index contributed by atoms with van der Waals surface area (Å²) in [5.74, 6) is 2.01. The molecular formula is C12H18N2O4. The number of nitrogens with one attached hydrogen (secondary N) is 1. The largest absolute Gasteiger partial charge is 0.480 e. The maximum atomic E-state index is 11.7. The summed E-state index contributed by atoms with van der Waals surface area (Å²) in [5.41, 5.74) is 0. The van der Waals surface area contributed by atoms with Crippen LogP contribution in [0.15, 0.2) is 0 Å². The van der Waals surface area contributed by atoms with Gasteiger partial charge in [0.1, 0.15) is 6.61 Å². The summed E-state index contributed by atoms with van der Waals surface area (Å²) in [5, 5.41) is 11.0. The third-order valence-electron chi connectivity index (χ3n) is 2.49. The molecule has 0 aliphatic heterocycles. The molecule has 0 heterocycles. The lowest BCUT2D eigenvalue weighted by Gasteiger charge is -2.20. The molecule has 0 aromatic rings. The highest BCUT2D eigenvalue weighted by molar-refractivity contribution is 5.74. The molecule has 2 N–H and O–H groups in total. The van der Waals surface area contributed by atoms with E-state index in [2.05, 4.69) is 11.2 Å². The van der Waals surface area contributed by atoms with Gasteiger partial charge in [0.25, 0.3) is 0 Å². The second kappa shape index (κ2) is 7.56. The summed E-state index contributed by atoms with van der Waals surface area (Å²) >= 11 is 0. The number of hydrogen-bond donors (Lipinski definition) is 2. The number of nitrogens with zero attached hydrogens (tertiary/aromatic N) is 1. The zero-order valence-electron chi connectivity index (χ0n) is 10.2. The number of aliphatic carboxylic acids is 1. The standard InChI is InChI=1S/C12H18N2O4/c1-2-6-14(8-10-3-4-10)12(17)13-5-7-18-9-11(15)16/h1,10H,3-9H2,(H,13,17)(H,15,16). The van der Waals surface area contributed by atoms with Crippen molar-refractivity contribution in [2.45, 2.75) is 12.8 Å². The Bertz CT molecular complexity index is 333. The molecule has 0 spiro atoms. The number of amides is 2. The Morgan fingerprint density at radius 2 is 2.22 bits per heavy atom. The van der Waals surface area contributed by atoms with Crippen LogP contribution in [0.2, 0.25) is 0 Å². The number of carbonyl (C=O) groups excluding carboxylic acids is 1. The fourth-order valence-corrected chi connectivity index (χ4v) is 1.44. The van der Waals surface area contributed by atoms with E-state index >= 15 is 0 Å². The van der Waals surface area contributed by atoms with Gasteiger partial charge in [-0.1, -0.05) is 5.92 Å². The van der Waals surface area contributed by atoms with Crippen LogP contribution in [0.3, 0.4) is 0 Å². The van der Waals surface area contributed by atoms with Crippen LogP contribution < -0.4 is 5.32 Å². The summed E-state index contributed by atoms with van der Waals surface area (Å²) in [6.45, 7) is 1.07. The predicted molar refractivity (Wildman–Crippen MR) is 65.0 cm³/mol. The van der Waals surface area contributed by atoms with E-state index in [4.69, 9.17) is 16.3 Å². The smallest absolute Gasteiger partial charge is 0.329 e. The van der Waals surface area contributed by atoms with Crippen LogP contribution in [0, 0.1) is 18.3 Å². The molecular weight excluding hydrogens is 236 g/mol. The number of rotatable bonds is 8. The fraction of sp³-hybridized carbons (Fsp3) is 0.667. The lowest BCUT2D eigenvalue weighted by atomic mass is 10.4. The maximum absolute atomic E-state index is 11.7. The average molecular weight is 254 g/mol. The Morgan fingerprint density at radius 3 is 2.78 bits per heavy atom. The van der Waals surface area contributed by atoms with Crippen LogP contribution in [-0.2, 0) is 9.53 Å². The molecule has 0 unspecified atom stereocenters. The molecule has 0 atom stereocenters. The van der Waals surface area contributed by atoms with Crippen molar-refractivity contribution in [1.82, 2.24) is 10.2 Å². The summed E-state index contributed by atoms with van der Waals surface area (Å²) in [7, 11) is 0. The Balaban J connectivity index is 2.15. The van der Waals surface area contributed by atoms with Gasteiger partial charge in [0.2, 0.25) is 0 Å². The van der Waals surface area contributed by atoms with Crippen molar-refractivity contribution in [3.05, 3.63) is 0 Å². The van der Waals surface area contributed by atoms with E-state index in [0.717, 1.165) is 12.8 Å². The van der Waals surface area contributed by atoms with Crippen molar-refractivity contribution in [1.29, 1.82) is 0 Å². The first-order valence-electron chi connectivity index (χ1n) is 5.89. The topological polar surface area (TPSA) is 78.9 Å². The average Bonchev–Trinajstić information content (AvgIpc) is 3.11. The van der Waals surface area contributed by atoms with Crippen molar-refractivity contribution in [3.8, 4) is 12.3 Å².